The Labute approximate surface area is 127 Å². The Bertz CT molecular complexity index is 372. The lowest BCUT2D eigenvalue weighted by atomic mass is 9.69. The van der Waals surface area contributed by atoms with Crippen molar-refractivity contribution in [2.45, 2.75) is 64.5 Å². The molecule has 2 aliphatic rings. The van der Waals surface area contributed by atoms with Crippen molar-refractivity contribution < 1.29 is 17.6 Å². The molecule has 1 unspecified atom stereocenters. The fourth-order valence-electron chi connectivity index (χ4n) is 3.96. The molecule has 0 heterocycles. The van der Waals surface area contributed by atoms with E-state index in [0.29, 0.717) is 24.7 Å². The minimum absolute atomic E-state index is 0.530. The Morgan fingerprint density at radius 2 is 1.29 bits per heavy atom. The molecule has 0 saturated heterocycles. The molecule has 5 heteroatoms. The zero-order valence-electron chi connectivity index (χ0n) is 12.6. The normalized spacial score (nSPS) is 36.3. The molecule has 21 heavy (non-hydrogen) atoms. The van der Waals surface area contributed by atoms with Crippen molar-refractivity contribution in [3.63, 3.8) is 0 Å². The van der Waals surface area contributed by atoms with Gasteiger partial charge in [-0.2, -0.15) is 13.2 Å². The number of allylic oxidation sites excluding steroid dienone is 2. The third-order valence-corrected chi connectivity index (χ3v) is 6.02. The molecule has 0 nitrogen and oxygen atoms in total. The third-order valence-electron chi connectivity index (χ3n) is 5.42. The second kappa shape index (κ2) is 6.98. The number of rotatable bonds is 2. The average molecular weight is 324 g/mol. The molecule has 0 radical (unpaired) electrons. The van der Waals surface area contributed by atoms with Crippen molar-refractivity contribution in [1.82, 2.24) is 0 Å². The molecule has 2 fully saturated rings. The van der Waals surface area contributed by atoms with Gasteiger partial charge < -0.3 is 0 Å². The Balaban J connectivity index is 1.89. The molecule has 122 valence electrons. The quantitative estimate of drug-likeness (QED) is 0.417. The van der Waals surface area contributed by atoms with E-state index in [1.54, 1.807) is 0 Å². The topological polar surface area (TPSA) is 0 Å². The van der Waals surface area contributed by atoms with Gasteiger partial charge in [0.05, 0.1) is 5.31 Å². The summed E-state index contributed by atoms with van der Waals surface area (Å²) < 4.78 is 51.6. The zero-order chi connectivity index (χ0) is 15.6. The van der Waals surface area contributed by atoms with Crippen molar-refractivity contribution in [3.8, 4) is 0 Å². The van der Waals surface area contributed by atoms with Crippen LogP contribution in [-0.4, -0.2) is 6.18 Å². The maximum Gasteiger partial charge on any atom is 0.418 e. The summed E-state index contributed by atoms with van der Waals surface area (Å²) in [5.41, 5.74) is 0. The molecule has 0 aromatic carbocycles. The summed E-state index contributed by atoms with van der Waals surface area (Å²) in [6.07, 6.45) is 3.35. The molecular weight excluding hydrogens is 299 g/mol. The molecule has 1 atom stereocenters. The number of halogens is 4. The van der Waals surface area contributed by atoms with E-state index in [1.165, 1.54) is 34.9 Å². The van der Waals surface area contributed by atoms with Gasteiger partial charge in [0.25, 0.3) is 0 Å². The van der Waals surface area contributed by atoms with Gasteiger partial charge in [0.15, 0.2) is 0 Å². The summed E-state index contributed by atoms with van der Waals surface area (Å²) in [6, 6.07) is 0. The Hall–Kier alpha value is -0.110. The van der Waals surface area contributed by atoms with Crippen LogP contribution >= 0.6 is 9.24 Å². The van der Waals surface area contributed by atoms with Crippen LogP contribution in [0.25, 0.3) is 0 Å². The summed E-state index contributed by atoms with van der Waals surface area (Å²) in [7, 11) is 1.54. The number of alkyl halides is 3. The Morgan fingerprint density at radius 1 is 0.857 bits per heavy atom. The fraction of sp³-hybridized carbons (Fsp3) is 0.875. The summed E-state index contributed by atoms with van der Waals surface area (Å²) >= 11 is 0. The highest BCUT2D eigenvalue weighted by molar-refractivity contribution is 7.22. The summed E-state index contributed by atoms with van der Waals surface area (Å²) in [5.74, 6) is 0.637. The van der Waals surface area contributed by atoms with Gasteiger partial charge >= 0.3 is 6.18 Å². The highest BCUT2D eigenvalue weighted by Gasteiger charge is 2.37. The van der Waals surface area contributed by atoms with Crippen LogP contribution in [0.3, 0.4) is 0 Å². The van der Waals surface area contributed by atoms with Crippen LogP contribution in [0.5, 0.6) is 0 Å². The fourth-order valence-corrected chi connectivity index (χ4v) is 4.19. The Kier molecular flexibility index (Phi) is 5.73. The van der Waals surface area contributed by atoms with Gasteiger partial charge in [-0.3, -0.25) is 0 Å². The smallest absolute Gasteiger partial charge is 0.211 e. The maximum absolute atomic E-state index is 13.9. The molecule has 2 rings (SSSR count). The van der Waals surface area contributed by atoms with Crippen molar-refractivity contribution in [2.24, 2.45) is 23.7 Å². The molecular formula is C16H25F4P. The van der Waals surface area contributed by atoms with E-state index in [2.05, 4.69) is 6.92 Å². The first kappa shape index (κ1) is 17.2. The lowest BCUT2D eigenvalue weighted by Gasteiger charge is -2.37. The van der Waals surface area contributed by atoms with Crippen molar-refractivity contribution >= 4 is 9.24 Å². The van der Waals surface area contributed by atoms with Gasteiger partial charge in [0, 0.05) is 5.92 Å². The van der Waals surface area contributed by atoms with E-state index in [-0.39, 0.29) is 0 Å². The molecule has 0 amide bonds. The monoisotopic (exact) mass is 324 g/mol. The van der Waals surface area contributed by atoms with Crippen LogP contribution in [0.4, 0.5) is 17.6 Å². The maximum atomic E-state index is 13.9. The van der Waals surface area contributed by atoms with E-state index in [1.807, 2.05) is 0 Å². The average Bonchev–Trinajstić information content (AvgIpc) is 2.46. The molecule has 0 aromatic heterocycles. The first-order valence-corrected chi connectivity index (χ1v) is 8.59. The largest absolute Gasteiger partial charge is 0.418 e. The van der Waals surface area contributed by atoms with Crippen LogP contribution in [-0.2, 0) is 0 Å². The van der Waals surface area contributed by atoms with E-state index in [4.69, 9.17) is 0 Å². The van der Waals surface area contributed by atoms with E-state index in [9.17, 15) is 17.6 Å². The second-order valence-electron chi connectivity index (χ2n) is 6.89. The van der Waals surface area contributed by atoms with Gasteiger partial charge in [-0.25, -0.2) is 4.39 Å². The first-order valence-electron chi connectivity index (χ1n) is 8.01. The van der Waals surface area contributed by atoms with Crippen LogP contribution in [0.1, 0.15) is 58.3 Å². The van der Waals surface area contributed by atoms with Gasteiger partial charge in [0.1, 0.15) is 5.83 Å². The molecule has 0 spiro atoms. The van der Waals surface area contributed by atoms with Crippen molar-refractivity contribution in [3.05, 3.63) is 11.1 Å². The van der Waals surface area contributed by atoms with Crippen LogP contribution in [0.15, 0.2) is 11.1 Å². The highest BCUT2D eigenvalue weighted by Crippen LogP contribution is 2.45. The zero-order valence-corrected chi connectivity index (χ0v) is 13.7. The minimum atomic E-state index is -4.56. The lowest BCUT2D eigenvalue weighted by molar-refractivity contribution is -0.0862. The summed E-state index contributed by atoms with van der Waals surface area (Å²) in [6.45, 7) is 2.28. The predicted molar refractivity (Wildman–Crippen MR) is 80.5 cm³/mol. The van der Waals surface area contributed by atoms with E-state index >= 15 is 0 Å². The van der Waals surface area contributed by atoms with Crippen molar-refractivity contribution in [2.75, 3.05) is 0 Å². The summed E-state index contributed by atoms with van der Waals surface area (Å²) in [5, 5.41) is -1.11. The SMILES string of the molecule is CC1CCC(C2CCC(/C(F)=C(\P)C(F)(F)F)CC2)CC1. The van der Waals surface area contributed by atoms with Crippen LogP contribution in [0.2, 0.25) is 0 Å². The molecule has 0 bridgehead atoms. The second-order valence-corrected chi connectivity index (χ2v) is 7.47. The molecule has 2 saturated carbocycles. The molecule has 0 N–H and O–H groups in total. The van der Waals surface area contributed by atoms with Gasteiger partial charge in [-0.1, -0.05) is 29.0 Å². The van der Waals surface area contributed by atoms with E-state index < -0.39 is 23.2 Å². The number of hydrogen-bond donors (Lipinski definition) is 0. The van der Waals surface area contributed by atoms with Crippen LogP contribution in [0, 0.1) is 23.7 Å². The Morgan fingerprint density at radius 3 is 1.71 bits per heavy atom. The van der Waals surface area contributed by atoms with Crippen molar-refractivity contribution in [1.29, 1.82) is 0 Å². The molecule has 0 aromatic rings. The third kappa shape index (κ3) is 4.43. The van der Waals surface area contributed by atoms with Crippen LogP contribution < -0.4 is 0 Å². The molecule has 0 aliphatic heterocycles. The lowest BCUT2D eigenvalue weighted by Crippen LogP contribution is -2.26. The predicted octanol–water partition coefficient (Wildman–Crippen LogP) is 6.24. The van der Waals surface area contributed by atoms with Gasteiger partial charge in [-0.15, -0.1) is 0 Å². The standard InChI is InChI=1S/C16H25F4P/c1-10-2-4-11(5-3-10)12-6-8-13(9-7-12)14(17)15(21)16(18,19)20/h10-13H,2-9,21H2,1H3/b15-14+. The van der Waals surface area contributed by atoms with Gasteiger partial charge in [-0.05, 0) is 56.3 Å². The van der Waals surface area contributed by atoms with Gasteiger partial charge in [0.2, 0.25) is 0 Å². The molecule has 2 aliphatic carbocycles. The number of hydrogen-bond acceptors (Lipinski definition) is 0. The highest BCUT2D eigenvalue weighted by atomic mass is 31.0. The van der Waals surface area contributed by atoms with E-state index in [0.717, 1.165) is 18.8 Å². The first-order chi connectivity index (χ1) is 9.79. The minimum Gasteiger partial charge on any atom is -0.211 e. The summed E-state index contributed by atoms with van der Waals surface area (Å²) in [4.78, 5) is 0.